The van der Waals surface area contributed by atoms with E-state index < -0.39 is 271 Å². The minimum absolute atomic E-state index is 0. The lowest BCUT2D eigenvalue weighted by atomic mass is 9.89. The number of hydrogen-bond donors (Lipinski definition) is 21. The molecule has 18 atom stereocenters. The zero-order chi connectivity index (χ0) is 92.0. The van der Waals surface area contributed by atoms with Crippen LogP contribution in [0.15, 0.2) is 115 Å². The van der Waals surface area contributed by atoms with Gasteiger partial charge in [0, 0.05) is 48.2 Å². The van der Waals surface area contributed by atoms with Gasteiger partial charge in [0.15, 0.2) is 29.1 Å². The average molecular weight is 1850 g/mol. The molecule has 17 bridgehead atoms. The van der Waals surface area contributed by atoms with Gasteiger partial charge in [-0.05, 0) is 153 Å². The fourth-order valence-corrected chi connectivity index (χ4v) is 16.4. The van der Waals surface area contributed by atoms with Crippen LogP contribution in [-0.4, -0.2) is 234 Å². The van der Waals surface area contributed by atoms with E-state index in [1.165, 1.54) is 49.5 Å². The van der Waals surface area contributed by atoms with Crippen LogP contribution in [-0.2, 0) is 59.0 Å². The molecular weight excluding hydrogens is 1750 g/mol. The first-order valence-electron chi connectivity index (χ1n) is 41.5. The van der Waals surface area contributed by atoms with Gasteiger partial charge in [0.2, 0.25) is 65.6 Å². The van der Waals surface area contributed by atoms with Crippen molar-refractivity contribution in [2.75, 3.05) is 40.8 Å². The van der Waals surface area contributed by atoms with E-state index >= 15 is 28.8 Å². The molecule has 0 spiro atoms. The summed E-state index contributed by atoms with van der Waals surface area (Å²) in [5.41, 5.74) is -2.68. The molecule has 2 saturated heterocycles. The van der Waals surface area contributed by atoms with Crippen LogP contribution in [0.4, 0.5) is 0 Å². The number of likely N-dealkylation sites (N-methyl/N-ethyl adjacent to an activating group) is 1. The van der Waals surface area contributed by atoms with Gasteiger partial charge < -0.3 is 147 Å². The number of aliphatic hydroxyl groups excluding tert-OH is 7. The van der Waals surface area contributed by atoms with Crippen LogP contribution in [0.25, 0.3) is 11.1 Å². The monoisotopic (exact) mass is 1850 g/mol. The van der Waals surface area contributed by atoms with Crippen molar-refractivity contribution in [1.29, 1.82) is 0 Å². The van der Waals surface area contributed by atoms with Crippen molar-refractivity contribution in [2.45, 2.75) is 188 Å². The summed E-state index contributed by atoms with van der Waals surface area (Å²) in [7, 11) is 4.95. The van der Waals surface area contributed by atoms with Gasteiger partial charge in [0.1, 0.15) is 131 Å². The molecule has 0 saturated carbocycles. The van der Waals surface area contributed by atoms with Gasteiger partial charge in [-0.3, -0.25) is 38.4 Å². The predicted molar refractivity (Wildman–Crippen MR) is 459 cm³/mol. The number of phenolic OH excluding ortho intramolecular Hbond substituents is 4. The number of nitrogens with zero attached hydrogens (tertiary/aromatic N) is 1. The van der Waals surface area contributed by atoms with Crippen molar-refractivity contribution in [3.63, 3.8) is 0 Å². The number of unbranched alkanes of at least 4 members (excludes halogenated alkanes) is 5. The maximum absolute atomic E-state index is 16.8. The van der Waals surface area contributed by atoms with Gasteiger partial charge in [0.25, 0.3) is 0 Å². The number of benzene rings is 7. The Bertz CT molecular complexity index is 5350. The Morgan fingerprint density at radius 3 is 1.90 bits per heavy atom. The standard InChI is InChI=1S/C88H100Cl2N10O28.ClH/c1-38(2)13-10-8-6-7-9-11-14-61(106)94-70-73(109)75(111)78(86(120)121)128-87(70)127-77-58-31-43-32-59(77)124-55-24-19-42(29-50(55)89)71(107)69-85(119)98-67(80(114)92-25-12-26-100(4)5)48-33-44(102)34-57(125-88-76(112)74(110)72(108)60(37-101)126-88)62(48)47-28-40(17-22-52(47)103)65(82(116)99-69)95-83(117)66(43)96-84(118)68-49-35-46(36-54(105)63(49)90)123-56-30-41(18-23-53(56)104)64(91-3)81(115)93-51(79(113)97-68)27-39-15-20-45(122-58)21-16-39;/h15-24,28-36,38,51,60,64-76,78,87-88,91,101-105,107-112H,6-14,25-27,37H2,1-5H3,(H,92,114)(H,93,115)(H,94,106)(H,95,117)(H,96,118)(H,97,113)(H,98,119)(H,99,116)(H,120,121);1H/t51-,60+,64+,65+,66+,67-,68+,69-,70+,71+,72+,73+,74-,75-,76-,78-,87+,88-;/m0./s1. The largest absolute Gasteiger partial charge is 0.508 e. The van der Waals surface area contributed by atoms with Crippen LogP contribution in [0.5, 0.6) is 69.0 Å². The Morgan fingerprint density at radius 1 is 0.566 bits per heavy atom. The van der Waals surface area contributed by atoms with Crippen LogP contribution in [0, 0.1) is 5.92 Å². The van der Waals surface area contributed by atoms with Crippen LogP contribution >= 0.6 is 35.6 Å². The van der Waals surface area contributed by atoms with E-state index in [1.807, 2.05) is 0 Å². The van der Waals surface area contributed by atoms with Gasteiger partial charge in [0.05, 0.1) is 16.7 Å². The molecule has 41 heteroatoms. The second-order valence-electron chi connectivity index (χ2n) is 32.7. The SMILES string of the molecule is CN[C@H]1C(=O)N[C@H]2Cc3ccc(cc3)Oc3cc4cc(c3O[C@@H]3O[C@H](C(=O)O)[C@@H](O)[C@H](O)[C@H]3NC(=O)CCCCCCCCC(C)C)Oc3ccc(cc3Cl)[C@@H](O)[C@@H]3NC(=O)[C@H](NC(=O)[C@@H]4NC(=O)[C@H](NC2=O)c2cc(cc(O)c2Cl)Oc2cc1ccc2O)c1ccc(O)c(c1)-c1c(O[C@H]2O[C@H](CO)[C@@H](O)[C@H](O)[C@@H]2O)cc(O)cc1[C@@H](C(=O)NCCCN(C)C)NC3=O.Cl. The highest BCUT2D eigenvalue weighted by Crippen LogP contribution is 2.51. The Hall–Kier alpha value is -11.6. The average Bonchev–Trinajstić information content (AvgIpc) is 0.752. The molecule has 692 valence electrons. The van der Waals surface area contributed by atoms with Gasteiger partial charge in [-0.15, -0.1) is 12.4 Å². The van der Waals surface area contributed by atoms with E-state index in [0.717, 1.165) is 105 Å². The van der Waals surface area contributed by atoms with Gasteiger partial charge in [-0.2, -0.15) is 0 Å². The number of halogens is 3. The third-order valence-corrected chi connectivity index (χ3v) is 23.4. The number of carboxylic acid groups (broad SMARTS) is 1. The number of aromatic hydroxyl groups is 4. The quantitative estimate of drug-likeness (QED) is 0.0413. The lowest BCUT2D eigenvalue weighted by molar-refractivity contribution is -0.277. The summed E-state index contributed by atoms with van der Waals surface area (Å²) < 4.78 is 44.5. The molecule has 21 N–H and O–H groups in total. The number of aliphatic carboxylic acids is 1. The van der Waals surface area contributed by atoms with Gasteiger partial charge in [-0.1, -0.05) is 106 Å². The maximum atomic E-state index is 16.8. The lowest BCUT2D eigenvalue weighted by Crippen LogP contribution is -2.66. The molecule has 7 aromatic rings. The second kappa shape index (κ2) is 41.9. The molecule has 0 aromatic heterocycles. The number of carboxylic acids is 1. The van der Waals surface area contributed by atoms with Gasteiger partial charge in [-0.25, -0.2) is 4.79 Å². The lowest BCUT2D eigenvalue weighted by Gasteiger charge is -2.41. The third-order valence-electron chi connectivity index (χ3n) is 22.7. The minimum atomic E-state index is -2.45. The fraction of sp³-hybridized carbons (Fsp3) is 0.420. The number of aliphatic hydroxyl groups is 7. The molecular formula is C88H101Cl3N10O28. The van der Waals surface area contributed by atoms with Crippen LogP contribution < -0.4 is 71.5 Å². The summed E-state index contributed by atoms with van der Waals surface area (Å²) in [6, 6.07) is 5.68. The summed E-state index contributed by atoms with van der Waals surface area (Å²) in [5.74, 6) is -17.5. The number of carbonyl (C=O) groups excluding carboxylic acids is 8. The summed E-state index contributed by atoms with van der Waals surface area (Å²) in [6.07, 6.45) is -15.8. The molecule has 8 aliphatic rings. The molecule has 129 heavy (non-hydrogen) atoms. The molecule has 8 amide bonds. The summed E-state index contributed by atoms with van der Waals surface area (Å²) in [4.78, 5) is 140. The number of amides is 8. The molecule has 0 radical (unpaired) electrons. The number of ether oxygens (including phenoxy) is 7. The van der Waals surface area contributed by atoms with E-state index in [1.54, 1.807) is 19.0 Å². The Kier molecular flexibility index (Phi) is 31.3. The fourth-order valence-electron chi connectivity index (χ4n) is 15.9. The first-order chi connectivity index (χ1) is 61.1. The van der Waals surface area contributed by atoms with E-state index in [-0.39, 0.29) is 60.2 Å². The molecule has 8 heterocycles. The van der Waals surface area contributed by atoms with Crippen LogP contribution in [0.2, 0.25) is 10.0 Å². The van der Waals surface area contributed by atoms with Crippen molar-refractivity contribution >= 4 is 88.8 Å². The number of hydrogen-bond acceptors (Lipinski definition) is 29. The maximum Gasteiger partial charge on any atom is 0.335 e. The van der Waals surface area contributed by atoms with Gasteiger partial charge >= 0.3 is 5.97 Å². The molecule has 15 rings (SSSR count). The highest BCUT2D eigenvalue weighted by molar-refractivity contribution is 6.33. The zero-order valence-electron chi connectivity index (χ0n) is 70.1. The highest BCUT2D eigenvalue weighted by atomic mass is 35.5. The number of fused-ring (bicyclic) bond motifs is 14. The predicted octanol–water partition coefficient (Wildman–Crippen LogP) is 4.59. The van der Waals surface area contributed by atoms with Crippen LogP contribution in [0.3, 0.4) is 0 Å². The van der Waals surface area contributed by atoms with Crippen molar-refractivity contribution in [3.05, 3.63) is 164 Å². The van der Waals surface area contributed by atoms with E-state index in [9.17, 15) is 75.7 Å². The Labute approximate surface area is 754 Å². The van der Waals surface area contributed by atoms with E-state index in [2.05, 4.69) is 61.7 Å². The first kappa shape index (κ1) is 96.5. The third kappa shape index (κ3) is 22.0. The van der Waals surface area contributed by atoms with Crippen LogP contribution in [0.1, 0.15) is 147 Å². The molecule has 2 fully saturated rings. The molecule has 0 unspecified atom stereocenters. The topological polar surface area (TPSA) is 573 Å². The number of rotatable bonds is 22. The normalized spacial score (nSPS) is 25.6. The molecule has 7 aromatic carbocycles. The van der Waals surface area contributed by atoms with Crippen molar-refractivity contribution in [3.8, 4) is 80.1 Å². The summed E-state index contributed by atoms with van der Waals surface area (Å²) in [6.45, 7) is 3.61. The first-order valence-corrected chi connectivity index (χ1v) is 42.3. The smallest absolute Gasteiger partial charge is 0.335 e. The summed E-state index contributed by atoms with van der Waals surface area (Å²) >= 11 is 14.3. The molecule has 0 aliphatic carbocycles. The van der Waals surface area contributed by atoms with Crippen molar-refractivity contribution in [1.82, 2.24) is 52.8 Å². The zero-order valence-corrected chi connectivity index (χ0v) is 72.5. The number of nitrogens with one attached hydrogen (secondary N) is 9. The highest BCUT2D eigenvalue weighted by Gasteiger charge is 2.52. The van der Waals surface area contributed by atoms with Crippen molar-refractivity contribution < 1.29 is 138 Å². The van der Waals surface area contributed by atoms with E-state index in [4.69, 9.17) is 56.4 Å². The molecule has 38 nitrogen and oxygen atoms in total. The number of phenols is 4. The Morgan fingerprint density at radius 2 is 1.21 bits per heavy atom. The summed E-state index contributed by atoms with van der Waals surface area (Å²) in [5, 5.41) is 161. The minimum Gasteiger partial charge on any atom is -0.508 e. The molecule has 8 aliphatic heterocycles. The Balaban J connectivity index is 0.0000151. The van der Waals surface area contributed by atoms with Crippen molar-refractivity contribution in [2.24, 2.45) is 5.92 Å². The number of carbonyl (C=O) groups is 9. The van der Waals surface area contributed by atoms with E-state index in [0.29, 0.717) is 30.9 Å². The second-order valence-corrected chi connectivity index (χ2v) is 33.5.